The first-order valence-electron chi connectivity index (χ1n) is 11.7. The predicted octanol–water partition coefficient (Wildman–Crippen LogP) is 3.62. The molecule has 0 radical (unpaired) electrons. The molecule has 1 aliphatic rings. The smallest absolute Gasteiger partial charge is 0.291 e. The van der Waals surface area contributed by atoms with Crippen molar-refractivity contribution in [2.45, 2.75) is 32.2 Å². The molecule has 3 heterocycles. The van der Waals surface area contributed by atoms with Crippen LogP contribution < -0.4 is 11.0 Å². The largest absolute Gasteiger partial charge is 0.327 e. The quantitative estimate of drug-likeness (QED) is 0.315. The van der Waals surface area contributed by atoms with Crippen LogP contribution in [-0.4, -0.2) is 37.7 Å². The van der Waals surface area contributed by atoms with Gasteiger partial charge in [-0.2, -0.15) is 0 Å². The summed E-state index contributed by atoms with van der Waals surface area (Å²) < 4.78 is 1.35. The van der Waals surface area contributed by atoms with Crippen molar-refractivity contribution in [1.29, 1.82) is 10.8 Å². The Labute approximate surface area is 201 Å². The minimum atomic E-state index is -0.593. The topological polar surface area (TPSA) is 119 Å². The zero-order valence-electron chi connectivity index (χ0n) is 19.4. The van der Waals surface area contributed by atoms with E-state index in [-0.39, 0.29) is 23.3 Å². The van der Waals surface area contributed by atoms with E-state index in [1.165, 1.54) is 10.1 Å². The Bertz CT molecular complexity index is 1550. The van der Waals surface area contributed by atoms with Crippen molar-refractivity contribution in [2.75, 3.05) is 6.54 Å². The summed E-state index contributed by atoms with van der Waals surface area (Å²) in [5.74, 6) is 0.0345. The van der Waals surface area contributed by atoms with Crippen LogP contribution in [0.25, 0.3) is 11.0 Å². The lowest BCUT2D eigenvalue weighted by Gasteiger charge is -2.38. The molecule has 1 aliphatic heterocycles. The van der Waals surface area contributed by atoms with Gasteiger partial charge in [0, 0.05) is 30.9 Å². The molecule has 176 valence electrons. The average Bonchev–Trinajstić information content (AvgIpc) is 2.88. The van der Waals surface area contributed by atoms with Gasteiger partial charge < -0.3 is 9.88 Å². The maximum atomic E-state index is 13.8. The van der Waals surface area contributed by atoms with Crippen molar-refractivity contribution in [2.24, 2.45) is 0 Å². The minimum absolute atomic E-state index is 0.144. The predicted molar refractivity (Wildman–Crippen MR) is 134 cm³/mol. The molecule has 4 aromatic rings. The number of hydrogen-bond donors (Lipinski definition) is 3. The molecular weight excluding hydrogens is 440 g/mol. The van der Waals surface area contributed by atoms with Crippen LogP contribution in [-0.2, 0) is 6.42 Å². The van der Waals surface area contributed by atoms with E-state index in [9.17, 15) is 9.59 Å². The van der Waals surface area contributed by atoms with Crippen molar-refractivity contribution in [3.8, 4) is 0 Å². The van der Waals surface area contributed by atoms with Gasteiger partial charge in [-0.1, -0.05) is 31.2 Å². The summed E-state index contributed by atoms with van der Waals surface area (Å²) in [6, 6.07) is 16.9. The number of carbonyl (C=O) groups is 1. The van der Waals surface area contributed by atoms with Gasteiger partial charge >= 0.3 is 0 Å². The third-order valence-electron chi connectivity index (χ3n) is 6.49. The van der Waals surface area contributed by atoms with E-state index in [2.05, 4.69) is 22.1 Å². The van der Waals surface area contributed by atoms with Gasteiger partial charge in [-0.3, -0.25) is 30.0 Å². The summed E-state index contributed by atoms with van der Waals surface area (Å²) in [5.41, 5.74) is 3.81. The lowest BCUT2D eigenvalue weighted by Crippen LogP contribution is -2.41. The Morgan fingerprint density at radius 1 is 1.14 bits per heavy atom. The Hall–Kier alpha value is -4.33. The van der Waals surface area contributed by atoms with Gasteiger partial charge in [0.2, 0.25) is 0 Å². The first-order valence-corrected chi connectivity index (χ1v) is 11.7. The summed E-state index contributed by atoms with van der Waals surface area (Å²) >= 11 is 0. The zero-order chi connectivity index (χ0) is 24.5. The van der Waals surface area contributed by atoms with Crippen LogP contribution in [0.15, 0.2) is 71.8 Å². The fraction of sp³-hybridized carbons (Fsp3) is 0.222. The molecule has 8 nitrogen and oxygen atoms in total. The van der Waals surface area contributed by atoms with Crippen molar-refractivity contribution in [3.05, 3.63) is 105 Å². The highest BCUT2D eigenvalue weighted by Crippen LogP contribution is 2.36. The van der Waals surface area contributed by atoms with Gasteiger partial charge in [0.25, 0.3) is 11.5 Å². The normalized spacial score (nSPS) is 15.1. The van der Waals surface area contributed by atoms with Crippen molar-refractivity contribution in [3.63, 3.8) is 0 Å². The third-order valence-corrected chi connectivity index (χ3v) is 6.49. The van der Waals surface area contributed by atoms with Crippen molar-refractivity contribution >= 4 is 22.8 Å². The third kappa shape index (κ3) is 3.97. The molecule has 0 fully saturated rings. The number of nitrogens with one attached hydrogen (secondary N) is 3. The Morgan fingerprint density at radius 2 is 1.91 bits per heavy atom. The summed E-state index contributed by atoms with van der Waals surface area (Å²) in [6.45, 7) is 2.50. The van der Waals surface area contributed by atoms with Crippen LogP contribution in [0, 0.1) is 10.8 Å². The number of benzene rings is 2. The Kier molecular flexibility index (Phi) is 5.86. The number of fused-ring (bicyclic) bond motifs is 2. The highest BCUT2D eigenvalue weighted by atomic mass is 16.2. The van der Waals surface area contributed by atoms with E-state index in [4.69, 9.17) is 10.8 Å². The number of aromatic nitrogens is 3. The summed E-state index contributed by atoms with van der Waals surface area (Å²) in [6.07, 6.45) is 5.39. The van der Waals surface area contributed by atoms with E-state index >= 15 is 0 Å². The van der Waals surface area contributed by atoms with Gasteiger partial charge in [-0.15, -0.1) is 0 Å². The van der Waals surface area contributed by atoms with E-state index in [1.807, 2.05) is 36.1 Å². The van der Waals surface area contributed by atoms with E-state index in [1.54, 1.807) is 30.6 Å². The fourth-order valence-corrected chi connectivity index (χ4v) is 4.85. The summed E-state index contributed by atoms with van der Waals surface area (Å²) in [4.78, 5) is 35.0. The molecule has 0 bridgehead atoms. The first-order chi connectivity index (χ1) is 17.0. The summed E-state index contributed by atoms with van der Waals surface area (Å²) in [5, 5.41) is 16.5. The molecule has 2 aromatic heterocycles. The minimum Gasteiger partial charge on any atom is -0.327 e. The molecule has 0 aliphatic carbocycles. The fourth-order valence-electron chi connectivity index (χ4n) is 4.85. The van der Waals surface area contributed by atoms with E-state index < -0.39 is 5.56 Å². The molecule has 35 heavy (non-hydrogen) atoms. The second kappa shape index (κ2) is 9.13. The second-order valence-electron chi connectivity index (χ2n) is 8.70. The molecule has 0 saturated heterocycles. The number of aromatic amines is 1. The van der Waals surface area contributed by atoms with Crippen LogP contribution in [0.4, 0.5) is 0 Å². The van der Waals surface area contributed by atoms with Crippen LogP contribution >= 0.6 is 0 Å². The van der Waals surface area contributed by atoms with Gasteiger partial charge in [-0.25, -0.2) is 0 Å². The number of amides is 1. The maximum Gasteiger partial charge on any atom is 0.291 e. The molecule has 1 atom stereocenters. The molecule has 2 aromatic carbocycles. The molecule has 5 rings (SSSR count). The van der Waals surface area contributed by atoms with E-state index in [0.717, 1.165) is 24.0 Å². The average molecular weight is 467 g/mol. The lowest BCUT2D eigenvalue weighted by atomic mass is 9.88. The number of nitrogens with zero attached hydrogens (tertiary/aromatic N) is 3. The molecular formula is C27H26N6O2. The van der Waals surface area contributed by atoms with Crippen LogP contribution in [0.5, 0.6) is 0 Å². The van der Waals surface area contributed by atoms with E-state index in [0.29, 0.717) is 29.6 Å². The van der Waals surface area contributed by atoms with Gasteiger partial charge in [-0.05, 0) is 59.9 Å². The Balaban J connectivity index is 1.60. The molecule has 0 saturated carbocycles. The first kappa shape index (κ1) is 22.5. The number of hydrogen-bond acceptors (Lipinski definition) is 5. The standard InChI is InChI=1S/C27H26N6O2/c1-2-5-23(28)33-22-9-8-19(16-21(22)31-26(34)25(33)29)27(35)32-15-12-17-6-3-4-7-20(17)24(32)18-10-13-30-14-11-18/h3-4,6-11,13-14,16,24,28-29H,2,5,12,15H2,1H3,(H,31,34). The van der Waals surface area contributed by atoms with Crippen molar-refractivity contribution < 1.29 is 4.79 Å². The maximum absolute atomic E-state index is 13.8. The molecule has 1 amide bonds. The Morgan fingerprint density at radius 3 is 2.69 bits per heavy atom. The summed E-state index contributed by atoms with van der Waals surface area (Å²) in [7, 11) is 0. The molecule has 8 heteroatoms. The SMILES string of the molecule is CCCC(=N)n1c(=N)c(=O)[nH]c2cc(C(=O)N3CCc4ccccc4C3c3ccncc3)ccc21. The molecule has 3 N–H and O–H groups in total. The molecule has 0 spiro atoms. The number of H-pyrrole nitrogens is 1. The highest BCUT2D eigenvalue weighted by molar-refractivity contribution is 5.99. The van der Waals surface area contributed by atoms with Crippen LogP contribution in [0.1, 0.15) is 52.9 Å². The molecule has 1 unspecified atom stereocenters. The van der Waals surface area contributed by atoms with Gasteiger partial charge in [0.05, 0.1) is 17.1 Å². The highest BCUT2D eigenvalue weighted by Gasteiger charge is 2.32. The zero-order valence-corrected chi connectivity index (χ0v) is 19.4. The lowest BCUT2D eigenvalue weighted by molar-refractivity contribution is 0.0694. The number of carbonyl (C=O) groups excluding carboxylic acids is 1. The van der Waals surface area contributed by atoms with Crippen LogP contribution in [0.3, 0.4) is 0 Å². The van der Waals surface area contributed by atoms with Crippen LogP contribution in [0.2, 0.25) is 0 Å². The monoisotopic (exact) mass is 466 g/mol. The van der Waals surface area contributed by atoms with Gasteiger partial charge in [0.15, 0.2) is 5.49 Å². The number of rotatable bonds is 4. The van der Waals surface area contributed by atoms with Crippen molar-refractivity contribution in [1.82, 2.24) is 19.4 Å². The number of pyridine rings is 1. The second-order valence-corrected chi connectivity index (χ2v) is 8.70. The van der Waals surface area contributed by atoms with Gasteiger partial charge in [0.1, 0.15) is 5.84 Å².